The average Bonchev–Trinajstić information content (AvgIpc) is 2.66. The number of non-ortho nitro benzene ring substituents is 1. The summed E-state index contributed by atoms with van der Waals surface area (Å²) in [7, 11) is 0. The first-order chi connectivity index (χ1) is 8.19. The van der Waals surface area contributed by atoms with E-state index < -0.39 is 0 Å². The Morgan fingerprint density at radius 1 is 1.35 bits per heavy atom. The third kappa shape index (κ3) is 1.76. The minimum Gasteiger partial charge on any atom is -0.381 e. The Hall–Kier alpha value is -1.62. The standard InChI is InChI=1S/C12H14N2O3/c15-14(16)10-1-2-11-9(7-10)8-12(13-11)3-5-17-6-4-12/h1-2,7,13H,3-6,8H2. The van der Waals surface area contributed by atoms with Crippen LogP contribution < -0.4 is 5.32 Å². The van der Waals surface area contributed by atoms with Crippen LogP contribution in [0.1, 0.15) is 18.4 Å². The summed E-state index contributed by atoms with van der Waals surface area (Å²) in [6.07, 6.45) is 2.80. The van der Waals surface area contributed by atoms with Crippen LogP contribution in [0.15, 0.2) is 18.2 Å². The largest absolute Gasteiger partial charge is 0.381 e. The van der Waals surface area contributed by atoms with E-state index in [1.54, 1.807) is 12.1 Å². The van der Waals surface area contributed by atoms with Crippen LogP contribution in [0.5, 0.6) is 0 Å². The first-order valence-electron chi connectivity index (χ1n) is 5.82. The monoisotopic (exact) mass is 234 g/mol. The molecule has 0 amide bonds. The van der Waals surface area contributed by atoms with E-state index in [1.807, 2.05) is 6.07 Å². The summed E-state index contributed by atoms with van der Waals surface area (Å²) in [4.78, 5) is 10.4. The molecule has 0 unspecified atom stereocenters. The Balaban J connectivity index is 1.89. The van der Waals surface area contributed by atoms with Crippen LogP contribution in [0.3, 0.4) is 0 Å². The Bertz CT molecular complexity index is 467. The molecule has 3 rings (SSSR count). The van der Waals surface area contributed by atoms with Gasteiger partial charge in [-0.3, -0.25) is 10.1 Å². The van der Waals surface area contributed by atoms with Gasteiger partial charge >= 0.3 is 0 Å². The van der Waals surface area contributed by atoms with E-state index in [1.165, 1.54) is 0 Å². The number of anilines is 1. The third-order valence-corrected chi connectivity index (χ3v) is 3.68. The van der Waals surface area contributed by atoms with Gasteiger partial charge in [0.25, 0.3) is 5.69 Å². The van der Waals surface area contributed by atoms with Crippen molar-refractivity contribution < 1.29 is 9.66 Å². The predicted molar refractivity (Wildman–Crippen MR) is 63.2 cm³/mol. The molecule has 1 N–H and O–H groups in total. The number of nitro groups is 1. The summed E-state index contributed by atoms with van der Waals surface area (Å²) in [5.41, 5.74) is 2.34. The maximum Gasteiger partial charge on any atom is 0.269 e. The number of nitro benzene ring substituents is 1. The molecule has 5 nitrogen and oxygen atoms in total. The van der Waals surface area contributed by atoms with Crippen molar-refractivity contribution in [1.29, 1.82) is 0 Å². The van der Waals surface area contributed by atoms with Crippen LogP contribution in [-0.2, 0) is 11.2 Å². The number of hydrogen-bond donors (Lipinski definition) is 1. The molecule has 0 radical (unpaired) electrons. The molecule has 90 valence electrons. The summed E-state index contributed by atoms with van der Waals surface area (Å²) >= 11 is 0. The third-order valence-electron chi connectivity index (χ3n) is 3.68. The second-order valence-corrected chi connectivity index (χ2v) is 4.79. The van der Waals surface area contributed by atoms with Crippen LogP contribution in [0.2, 0.25) is 0 Å². The van der Waals surface area contributed by atoms with Gasteiger partial charge in [-0.25, -0.2) is 0 Å². The lowest BCUT2D eigenvalue weighted by atomic mass is 9.87. The lowest BCUT2D eigenvalue weighted by Crippen LogP contribution is -2.41. The lowest BCUT2D eigenvalue weighted by molar-refractivity contribution is -0.384. The molecule has 2 heterocycles. The summed E-state index contributed by atoms with van der Waals surface area (Å²) in [5.74, 6) is 0. The molecule has 1 aromatic carbocycles. The Kier molecular flexibility index (Phi) is 2.29. The number of nitrogens with one attached hydrogen (secondary N) is 1. The van der Waals surface area contributed by atoms with Gasteiger partial charge in [-0.2, -0.15) is 0 Å². The quantitative estimate of drug-likeness (QED) is 0.597. The van der Waals surface area contributed by atoms with E-state index in [0.29, 0.717) is 0 Å². The van der Waals surface area contributed by atoms with Crippen molar-refractivity contribution in [1.82, 2.24) is 0 Å². The Morgan fingerprint density at radius 2 is 2.12 bits per heavy atom. The van der Waals surface area contributed by atoms with Crippen LogP contribution in [0, 0.1) is 10.1 Å². The lowest BCUT2D eigenvalue weighted by Gasteiger charge is -2.34. The fourth-order valence-electron chi connectivity index (χ4n) is 2.72. The molecule has 17 heavy (non-hydrogen) atoms. The van der Waals surface area contributed by atoms with E-state index >= 15 is 0 Å². The molecule has 2 aliphatic rings. The highest BCUT2D eigenvalue weighted by Crippen LogP contribution is 2.39. The molecule has 2 aliphatic heterocycles. The number of fused-ring (bicyclic) bond motifs is 1. The maximum atomic E-state index is 10.7. The highest BCUT2D eigenvalue weighted by molar-refractivity contribution is 5.62. The smallest absolute Gasteiger partial charge is 0.269 e. The zero-order chi connectivity index (χ0) is 11.9. The molecule has 1 spiro atoms. The minimum atomic E-state index is -0.338. The maximum absolute atomic E-state index is 10.7. The highest BCUT2D eigenvalue weighted by Gasteiger charge is 2.38. The second-order valence-electron chi connectivity index (χ2n) is 4.79. The first-order valence-corrected chi connectivity index (χ1v) is 5.82. The minimum absolute atomic E-state index is 0.0653. The fourth-order valence-corrected chi connectivity index (χ4v) is 2.72. The van der Waals surface area contributed by atoms with Crippen molar-refractivity contribution in [3.8, 4) is 0 Å². The molecule has 1 aromatic rings. The van der Waals surface area contributed by atoms with Gasteiger partial charge in [0.1, 0.15) is 0 Å². The summed E-state index contributed by atoms with van der Waals surface area (Å²) in [6, 6.07) is 5.06. The van der Waals surface area contributed by atoms with Crippen molar-refractivity contribution >= 4 is 11.4 Å². The van der Waals surface area contributed by atoms with Crippen molar-refractivity contribution in [3.05, 3.63) is 33.9 Å². The van der Waals surface area contributed by atoms with E-state index in [9.17, 15) is 10.1 Å². The van der Waals surface area contributed by atoms with E-state index in [2.05, 4.69) is 5.32 Å². The second kappa shape index (κ2) is 3.70. The van der Waals surface area contributed by atoms with Crippen molar-refractivity contribution in [3.63, 3.8) is 0 Å². The summed E-state index contributed by atoms with van der Waals surface area (Å²) in [5, 5.41) is 14.2. The molecule has 0 aliphatic carbocycles. The normalized spacial score (nSPS) is 20.9. The SMILES string of the molecule is O=[N+]([O-])c1ccc2c(c1)CC1(CCOCC1)N2. The van der Waals surface area contributed by atoms with Gasteiger partial charge in [-0.15, -0.1) is 0 Å². The number of benzene rings is 1. The van der Waals surface area contributed by atoms with Crippen LogP contribution in [0.4, 0.5) is 11.4 Å². The molecule has 0 atom stereocenters. The highest BCUT2D eigenvalue weighted by atomic mass is 16.6. The fraction of sp³-hybridized carbons (Fsp3) is 0.500. The predicted octanol–water partition coefficient (Wildman–Crippen LogP) is 2.11. The number of rotatable bonds is 1. The molecule has 1 saturated heterocycles. The van der Waals surface area contributed by atoms with Gasteiger partial charge in [0, 0.05) is 36.6 Å². The first kappa shape index (κ1) is 10.5. The molecule has 0 aromatic heterocycles. The van der Waals surface area contributed by atoms with E-state index in [-0.39, 0.29) is 16.1 Å². The van der Waals surface area contributed by atoms with Crippen LogP contribution >= 0.6 is 0 Å². The van der Waals surface area contributed by atoms with Gasteiger partial charge in [-0.1, -0.05) is 0 Å². The topological polar surface area (TPSA) is 64.4 Å². The van der Waals surface area contributed by atoms with Gasteiger partial charge in [-0.05, 0) is 30.9 Å². The van der Waals surface area contributed by atoms with Crippen molar-refractivity contribution in [2.75, 3.05) is 18.5 Å². The Morgan fingerprint density at radius 3 is 2.82 bits per heavy atom. The molecular weight excluding hydrogens is 220 g/mol. The van der Waals surface area contributed by atoms with Crippen molar-refractivity contribution in [2.24, 2.45) is 0 Å². The Labute approximate surface area is 98.9 Å². The number of ether oxygens (including phenoxy) is 1. The number of hydrogen-bond acceptors (Lipinski definition) is 4. The average molecular weight is 234 g/mol. The molecule has 5 heteroatoms. The van der Waals surface area contributed by atoms with Gasteiger partial charge in [0.2, 0.25) is 0 Å². The zero-order valence-corrected chi connectivity index (χ0v) is 9.44. The van der Waals surface area contributed by atoms with Crippen LogP contribution in [-0.4, -0.2) is 23.7 Å². The summed E-state index contributed by atoms with van der Waals surface area (Å²) < 4.78 is 5.37. The van der Waals surface area contributed by atoms with Crippen LogP contribution in [0.25, 0.3) is 0 Å². The molecule has 0 saturated carbocycles. The summed E-state index contributed by atoms with van der Waals surface area (Å²) in [6.45, 7) is 1.53. The van der Waals surface area contributed by atoms with Gasteiger partial charge in [0.05, 0.1) is 4.92 Å². The van der Waals surface area contributed by atoms with Crippen molar-refractivity contribution in [2.45, 2.75) is 24.8 Å². The van der Waals surface area contributed by atoms with E-state index in [0.717, 1.165) is 43.7 Å². The van der Waals surface area contributed by atoms with Gasteiger partial charge < -0.3 is 10.1 Å². The molecule has 0 bridgehead atoms. The van der Waals surface area contributed by atoms with Gasteiger partial charge in [0.15, 0.2) is 0 Å². The zero-order valence-electron chi connectivity index (χ0n) is 9.44. The van der Waals surface area contributed by atoms with E-state index in [4.69, 9.17) is 4.74 Å². The molecule has 1 fully saturated rings. The molecular formula is C12H14N2O3. The number of nitrogens with zero attached hydrogens (tertiary/aromatic N) is 1.